The van der Waals surface area contributed by atoms with Crippen LogP contribution in [0.5, 0.6) is 0 Å². The first-order valence-electron chi connectivity index (χ1n) is 8.30. The lowest BCUT2D eigenvalue weighted by Crippen LogP contribution is -2.43. The number of ether oxygens (including phenoxy) is 1. The Bertz CT molecular complexity index is 637. The summed E-state index contributed by atoms with van der Waals surface area (Å²) < 4.78 is 10.2. The maximum Gasteiger partial charge on any atom is 0.310 e. The van der Waals surface area contributed by atoms with E-state index in [-0.39, 0.29) is 41.3 Å². The number of nitrogens with one attached hydrogen (secondary N) is 1. The summed E-state index contributed by atoms with van der Waals surface area (Å²) >= 11 is 0. The summed E-state index contributed by atoms with van der Waals surface area (Å²) in [4.78, 5) is 41.7. The number of hydrogen-bond donors (Lipinski definition) is 1. The number of anilines is 1. The lowest BCUT2D eigenvalue weighted by atomic mass is 9.98. The average Bonchev–Trinajstić information content (AvgIpc) is 3.35. The Morgan fingerprint density at radius 3 is 2.83 bits per heavy atom. The molecule has 1 saturated heterocycles. The van der Waals surface area contributed by atoms with Crippen LogP contribution in [-0.4, -0.2) is 47.4 Å². The standard InChI is InChI=1S/C16H21N3O5/c1-2-23-15(22)11-4-3-7-19(8-11)14(21)12-9-24-16(17-12)18-13(20)10-5-6-10/h9-11H,2-8H2,1H3,(H,17,18,20). The van der Waals surface area contributed by atoms with E-state index in [9.17, 15) is 14.4 Å². The van der Waals surface area contributed by atoms with Crippen molar-refractivity contribution in [2.45, 2.75) is 32.6 Å². The quantitative estimate of drug-likeness (QED) is 0.817. The summed E-state index contributed by atoms with van der Waals surface area (Å²) in [5.74, 6) is -0.976. The molecule has 24 heavy (non-hydrogen) atoms. The number of oxazole rings is 1. The summed E-state index contributed by atoms with van der Waals surface area (Å²) in [5.41, 5.74) is 0.130. The number of nitrogens with zero attached hydrogens (tertiary/aromatic N) is 2. The fraction of sp³-hybridized carbons (Fsp3) is 0.625. The molecule has 1 aliphatic heterocycles. The van der Waals surface area contributed by atoms with E-state index in [1.807, 2.05) is 0 Å². The molecule has 0 aromatic carbocycles. The minimum absolute atomic E-state index is 0.0310. The van der Waals surface area contributed by atoms with Gasteiger partial charge in [0.2, 0.25) is 5.91 Å². The summed E-state index contributed by atoms with van der Waals surface area (Å²) in [5, 5.41) is 2.56. The van der Waals surface area contributed by atoms with E-state index in [2.05, 4.69) is 10.3 Å². The van der Waals surface area contributed by atoms with Crippen molar-refractivity contribution in [1.82, 2.24) is 9.88 Å². The molecule has 1 aromatic heterocycles. The van der Waals surface area contributed by atoms with Crippen molar-refractivity contribution in [3.05, 3.63) is 12.0 Å². The number of aromatic nitrogens is 1. The Morgan fingerprint density at radius 1 is 1.33 bits per heavy atom. The number of piperidine rings is 1. The van der Waals surface area contributed by atoms with Gasteiger partial charge in [-0.2, -0.15) is 4.98 Å². The molecular weight excluding hydrogens is 314 g/mol. The molecule has 1 N–H and O–H groups in total. The first-order chi connectivity index (χ1) is 11.6. The van der Waals surface area contributed by atoms with Crippen molar-refractivity contribution in [1.29, 1.82) is 0 Å². The molecule has 1 aromatic rings. The van der Waals surface area contributed by atoms with Gasteiger partial charge in [0.1, 0.15) is 6.26 Å². The second-order valence-corrected chi connectivity index (χ2v) is 6.14. The highest BCUT2D eigenvalue weighted by atomic mass is 16.5. The maximum atomic E-state index is 12.5. The molecule has 130 valence electrons. The van der Waals surface area contributed by atoms with E-state index in [1.54, 1.807) is 11.8 Å². The van der Waals surface area contributed by atoms with Crippen molar-refractivity contribution in [3.8, 4) is 0 Å². The number of carbonyl (C=O) groups excluding carboxylic acids is 3. The number of likely N-dealkylation sites (tertiary alicyclic amines) is 1. The molecule has 2 amide bonds. The molecular formula is C16H21N3O5. The maximum absolute atomic E-state index is 12.5. The van der Waals surface area contributed by atoms with Gasteiger partial charge in [0.05, 0.1) is 12.5 Å². The SMILES string of the molecule is CCOC(=O)C1CCCN(C(=O)c2coc(NC(=O)C3CC3)n2)C1. The van der Waals surface area contributed by atoms with E-state index >= 15 is 0 Å². The Morgan fingerprint density at radius 2 is 2.12 bits per heavy atom. The van der Waals surface area contributed by atoms with Crippen LogP contribution in [0.15, 0.2) is 10.7 Å². The third kappa shape index (κ3) is 3.74. The van der Waals surface area contributed by atoms with Gasteiger partial charge in [0.15, 0.2) is 5.69 Å². The molecule has 1 atom stereocenters. The Labute approximate surface area is 139 Å². The second kappa shape index (κ2) is 7.02. The van der Waals surface area contributed by atoms with Gasteiger partial charge >= 0.3 is 12.0 Å². The van der Waals surface area contributed by atoms with Crippen molar-refractivity contribution < 1.29 is 23.5 Å². The van der Waals surface area contributed by atoms with Crippen LogP contribution in [0.1, 0.15) is 43.1 Å². The van der Waals surface area contributed by atoms with Gasteiger partial charge in [0.25, 0.3) is 5.91 Å². The fourth-order valence-corrected chi connectivity index (χ4v) is 2.76. The molecule has 0 bridgehead atoms. The van der Waals surface area contributed by atoms with Crippen LogP contribution in [0.25, 0.3) is 0 Å². The zero-order valence-corrected chi connectivity index (χ0v) is 13.6. The third-order valence-corrected chi connectivity index (χ3v) is 4.23. The average molecular weight is 335 g/mol. The van der Waals surface area contributed by atoms with Gasteiger partial charge in [-0.25, -0.2) is 0 Å². The molecule has 8 heteroatoms. The molecule has 1 aliphatic carbocycles. The zero-order chi connectivity index (χ0) is 17.1. The highest BCUT2D eigenvalue weighted by Gasteiger charge is 2.32. The molecule has 2 heterocycles. The molecule has 8 nitrogen and oxygen atoms in total. The van der Waals surface area contributed by atoms with Gasteiger partial charge in [-0.05, 0) is 32.6 Å². The van der Waals surface area contributed by atoms with Crippen LogP contribution in [-0.2, 0) is 14.3 Å². The van der Waals surface area contributed by atoms with E-state index in [0.29, 0.717) is 26.1 Å². The summed E-state index contributed by atoms with van der Waals surface area (Å²) in [6.07, 6.45) is 4.43. The van der Waals surface area contributed by atoms with E-state index in [1.165, 1.54) is 6.26 Å². The lowest BCUT2D eigenvalue weighted by molar-refractivity contribution is -0.149. The molecule has 1 unspecified atom stereocenters. The minimum Gasteiger partial charge on any atom is -0.466 e. The predicted molar refractivity (Wildman–Crippen MR) is 83.1 cm³/mol. The van der Waals surface area contributed by atoms with Crippen molar-refractivity contribution in [3.63, 3.8) is 0 Å². The molecule has 0 radical (unpaired) electrons. The minimum atomic E-state index is -0.306. The summed E-state index contributed by atoms with van der Waals surface area (Å²) in [6.45, 7) is 2.97. The van der Waals surface area contributed by atoms with Crippen LogP contribution >= 0.6 is 0 Å². The number of amides is 2. The highest BCUT2D eigenvalue weighted by molar-refractivity contribution is 5.95. The number of carbonyl (C=O) groups is 3. The summed E-state index contributed by atoms with van der Waals surface area (Å²) in [6, 6.07) is 0.0363. The third-order valence-electron chi connectivity index (χ3n) is 4.23. The molecule has 2 fully saturated rings. The van der Waals surface area contributed by atoms with E-state index in [0.717, 1.165) is 19.3 Å². The van der Waals surface area contributed by atoms with Crippen LogP contribution in [0.4, 0.5) is 6.01 Å². The first-order valence-corrected chi connectivity index (χ1v) is 8.30. The summed E-state index contributed by atoms with van der Waals surface area (Å²) in [7, 11) is 0. The number of rotatable bonds is 5. The molecule has 1 saturated carbocycles. The smallest absolute Gasteiger partial charge is 0.310 e. The van der Waals surface area contributed by atoms with Gasteiger partial charge in [-0.1, -0.05) is 0 Å². The monoisotopic (exact) mass is 335 g/mol. The van der Waals surface area contributed by atoms with Gasteiger partial charge in [-0.3, -0.25) is 19.7 Å². The van der Waals surface area contributed by atoms with Crippen LogP contribution in [0, 0.1) is 11.8 Å². The Kier molecular flexibility index (Phi) is 4.82. The van der Waals surface area contributed by atoms with Crippen LogP contribution in [0.2, 0.25) is 0 Å². The molecule has 0 spiro atoms. The first kappa shape index (κ1) is 16.5. The molecule has 3 rings (SSSR count). The van der Waals surface area contributed by atoms with Crippen LogP contribution < -0.4 is 5.32 Å². The number of esters is 1. The fourth-order valence-electron chi connectivity index (χ4n) is 2.76. The number of hydrogen-bond acceptors (Lipinski definition) is 6. The molecule has 2 aliphatic rings. The highest BCUT2D eigenvalue weighted by Crippen LogP contribution is 2.30. The van der Waals surface area contributed by atoms with Gasteiger partial charge in [0, 0.05) is 19.0 Å². The van der Waals surface area contributed by atoms with Crippen molar-refractivity contribution in [2.75, 3.05) is 25.0 Å². The zero-order valence-electron chi connectivity index (χ0n) is 13.6. The largest absolute Gasteiger partial charge is 0.466 e. The Balaban J connectivity index is 1.60. The lowest BCUT2D eigenvalue weighted by Gasteiger charge is -2.30. The normalized spacial score (nSPS) is 20.5. The van der Waals surface area contributed by atoms with Gasteiger partial charge < -0.3 is 14.1 Å². The van der Waals surface area contributed by atoms with Crippen molar-refractivity contribution in [2.24, 2.45) is 11.8 Å². The topological polar surface area (TPSA) is 102 Å². The van der Waals surface area contributed by atoms with E-state index in [4.69, 9.17) is 9.15 Å². The van der Waals surface area contributed by atoms with Gasteiger partial charge in [-0.15, -0.1) is 0 Å². The van der Waals surface area contributed by atoms with Crippen LogP contribution in [0.3, 0.4) is 0 Å². The Hall–Kier alpha value is -2.38. The second-order valence-electron chi connectivity index (χ2n) is 6.14. The van der Waals surface area contributed by atoms with Crippen molar-refractivity contribution >= 4 is 23.8 Å². The van der Waals surface area contributed by atoms with E-state index < -0.39 is 0 Å². The predicted octanol–water partition coefficient (Wildman–Crippen LogP) is 1.44.